The van der Waals surface area contributed by atoms with Crippen molar-refractivity contribution in [2.75, 3.05) is 13.1 Å². The van der Waals surface area contributed by atoms with Gasteiger partial charge in [-0.15, -0.1) is 0 Å². The third-order valence-corrected chi connectivity index (χ3v) is 4.26. The Morgan fingerprint density at radius 2 is 2.40 bits per heavy atom. The summed E-state index contributed by atoms with van der Waals surface area (Å²) in [5.74, 6) is -0.598. The second-order valence-corrected chi connectivity index (χ2v) is 5.74. The second kappa shape index (κ2) is 5.59. The summed E-state index contributed by atoms with van der Waals surface area (Å²) >= 11 is 0. The number of carboxylic acid groups (broad SMARTS) is 1. The number of nitriles is 1. The molecule has 106 valence electrons. The van der Waals surface area contributed by atoms with E-state index in [4.69, 9.17) is 5.26 Å². The van der Waals surface area contributed by atoms with Crippen LogP contribution >= 0.6 is 0 Å². The Balaban J connectivity index is 2.10. The molecule has 1 atom stereocenters. The van der Waals surface area contributed by atoms with E-state index in [1.165, 1.54) is 0 Å². The first-order chi connectivity index (χ1) is 9.48. The number of aromatic nitrogens is 1. The van der Waals surface area contributed by atoms with Crippen LogP contribution in [-0.2, 0) is 11.3 Å². The molecule has 5 heteroatoms. The lowest BCUT2D eigenvalue weighted by molar-refractivity contribution is -0.151. The van der Waals surface area contributed by atoms with Crippen LogP contribution in [0.4, 0.5) is 0 Å². The van der Waals surface area contributed by atoms with Crippen LogP contribution in [0.3, 0.4) is 0 Å². The molecule has 0 aliphatic carbocycles. The fourth-order valence-electron chi connectivity index (χ4n) is 2.83. The zero-order valence-electron chi connectivity index (χ0n) is 11.8. The molecular formula is C15H19N3O2. The minimum atomic E-state index is -0.706. The summed E-state index contributed by atoms with van der Waals surface area (Å²) in [4.78, 5) is 17.7. The molecule has 1 N–H and O–H groups in total. The quantitative estimate of drug-likeness (QED) is 0.906. The molecule has 1 saturated heterocycles. The zero-order chi connectivity index (χ0) is 14.8. The van der Waals surface area contributed by atoms with Gasteiger partial charge in [0.25, 0.3) is 0 Å². The monoisotopic (exact) mass is 273 g/mol. The van der Waals surface area contributed by atoms with Crippen LogP contribution in [0.5, 0.6) is 0 Å². The highest BCUT2D eigenvalue weighted by Gasteiger charge is 2.46. The minimum Gasteiger partial charge on any atom is -0.481 e. The first-order valence-corrected chi connectivity index (χ1v) is 6.79. The molecule has 0 amide bonds. The van der Waals surface area contributed by atoms with Gasteiger partial charge in [-0.2, -0.15) is 5.26 Å². The first-order valence-electron chi connectivity index (χ1n) is 6.79. The SMILES string of the molecule is CC(C)C1(C(=O)O)CCN(Cc2ccnc(C#N)c2)C1. The van der Waals surface area contributed by atoms with E-state index in [1.54, 1.807) is 12.3 Å². The van der Waals surface area contributed by atoms with Gasteiger partial charge in [0, 0.05) is 19.3 Å². The average molecular weight is 273 g/mol. The van der Waals surface area contributed by atoms with Crippen LogP contribution in [0.1, 0.15) is 31.5 Å². The number of rotatable bonds is 4. The maximum Gasteiger partial charge on any atom is 0.311 e. The summed E-state index contributed by atoms with van der Waals surface area (Å²) in [5.41, 5.74) is 0.752. The second-order valence-electron chi connectivity index (χ2n) is 5.74. The number of pyridine rings is 1. The van der Waals surface area contributed by atoms with Gasteiger partial charge in [-0.25, -0.2) is 4.98 Å². The van der Waals surface area contributed by atoms with Gasteiger partial charge in [-0.05, 0) is 36.6 Å². The molecule has 0 radical (unpaired) electrons. The molecule has 0 saturated carbocycles. The third kappa shape index (κ3) is 2.66. The summed E-state index contributed by atoms with van der Waals surface area (Å²) in [6.07, 6.45) is 2.30. The maximum atomic E-state index is 11.6. The molecule has 1 aromatic rings. The molecule has 1 fully saturated rings. The summed E-state index contributed by atoms with van der Waals surface area (Å²) in [7, 11) is 0. The van der Waals surface area contributed by atoms with E-state index < -0.39 is 11.4 Å². The normalized spacial score (nSPS) is 22.9. The van der Waals surface area contributed by atoms with Gasteiger partial charge in [0.1, 0.15) is 11.8 Å². The molecule has 2 heterocycles. The fourth-order valence-corrected chi connectivity index (χ4v) is 2.83. The number of nitrogens with zero attached hydrogens (tertiary/aromatic N) is 3. The molecule has 5 nitrogen and oxygen atoms in total. The molecule has 1 unspecified atom stereocenters. The summed E-state index contributed by atoms with van der Waals surface area (Å²) in [6.45, 7) is 5.94. The zero-order valence-corrected chi connectivity index (χ0v) is 11.8. The third-order valence-electron chi connectivity index (χ3n) is 4.26. The molecule has 1 aliphatic rings. The number of hydrogen-bond donors (Lipinski definition) is 1. The van der Waals surface area contributed by atoms with Crippen molar-refractivity contribution in [1.29, 1.82) is 5.26 Å². The van der Waals surface area contributed by atoms with Crippen molar-refractivity contribution in [3.8, 4) is 6.07 Å². The molecule has 0 spiro atoms. The largest absolute Gasteiger partial charge is 0.481 e. The van der Waals surface area contributed by atoms with Gasteiger partial charge >= 0.3 is 5.97 Å². The number of hydrogen-bond acceptors (Lipinski definition) is 4. The maximum absolute atomic E-state index is 11.6. The van der Waals surface area contributed by atoms with Crippen molar-refractivity contribution in [2.24, 2.45) is 11.3 Å². The molecule has 20 heavy (non-hydrogen) atoms. The summed E-state index contributed by atoms with van der Waals surface area (Å²) in [6, 6.07) is 5.65. The van der Waals surface area contributed by atoms with E-state index in [0.29, 0.717) is 25.2 Å². The Bertz CT molecular complexity index is 550. The molecule has 0 bridgehead atoms. The van der Waals surface area contributed by atoms with Crippen molar-refractivity contribution in [3.05, 3.63) is 29.6 Å². The lowest BCUT2D eigenvalue weighted by Crippen LogP contribution is -2.39. The number of carbonyl (C=O) groups is 1. The van der Waals surface area contributed by atoms with Gasteiger partial charge in [-0.3, -0.25) is 9.69 Å². The van der Waals surface area contributed by atoms with E-state index >= 15 is 0 Å². The molecule has 0 aromatic carbocycles. The summed E-state index contributed by atoms with van der Waals surface area (Å²) < 4.78 is 0. The van der Waals surface area contributed by atoms with Crippen molar-refractivity contribution in [1.82, 2.24) is 9.88 Å². The lowest BCUT2D eigenvalue weighted by atomic mass is 9.76. The van der Waals surface area contributed by atoms with Crippen molar-refractivity contribution < 1.29 is 9.90 Å². The van der Waals surface area contributed by atoms with E-state index in [0.717, 1.165) is 12.1 Å². The highest BCUT2D eigenvalue weighted by Crippen LogP contribution is 2.38. The van der Waals surface area contributed by atoms with Crippen LogP contribution in [0.2, 0.25) is 0 Å². The van der Waals surface area contributed by atoms with Crippen LogP contribution in [0.15, 0.2) is 18.3 Å². The predicted molar refractivity (Wildman–Crippen MR) is 73.8 cm³/mol. The molecular weight excluding hydrogens is 254 g/mol. The van der Waals surface area contributed by atoms with Gasteiger partial charge < -0.3 is 5.11 Å². The minimum absolute atomic E-state index is 0.108. The number of carboxylic acids is 1. The van der Waals surface area contributed by atoms with E-state index in [9.17, 15) is 9.90 Å². The fraction of sp³-hybridized carbons (Fsp3) is 0.533. The summed E-state index contributed by atoms with van der Waals surface area (Å²) in [5, 5.41) is 18.4. The average Bonchev–Trinajstić information content (AvgIpc) is 2.84. The lowest BCUT2D eigenvalue weighted by Gasteiger charge is -2.28. The molecule has 2 rings (SSSR count). The molecule has 1 aliphatic heterocycles. The van der Waals surface area contributed by atoms with E-state index in [-0.39, 0.29) is 5.92 Å². The smallest absolute Gasteiger partial charge is 0.311 e. The Hall–Kier alpha value is -1.93. The van der Waals surface area contributed by atoms with Gasteiger partial charge in [0.05, 0.1) is 5.41 Å². The standard InChI is InChI=1S/C15H19N3O2/c1-11(2)15(14(19)20)4-6-18(10-15)9-12-3-5-17-13(7-12)8-16/h3,5,7,11H,4,6,9-10H2,1-2H3,(H,19,20). The van der Waals surface area contributed by atoms with Gasteiger partial charge in [0.15, 0.2) is 0 Å². The van der Waals surface area contributed by atoms with Crippen LogP contribution in [-0.4, -0.2) is 34.0 Å². The van der Waals surface area contributed by atoms with Crippen LogP contribution in [0.25, 0.3) is 0 Å². The van der Waals surface area contributed by atoms with Crippen LogP contribution < -0.4 is 0 Å². The van der Waals surface area contributed by atoms with Crippen molar-refractivity contribution in [3.63, 3.8) is 0 Å². The highest BCUT2D eigenvalue weighted by molar-refractivity contribution is 5.75. The van der Waals surface area contributed by atoms with Crippen molar-refractivity contribution >= 4 is 5.97 Å². The Kier molecular flexibility index (Phi) is 4.05. The topological polar surface area (TPSA) is 77.2 Å². The number of likely N-dealkylation sites (tertiary alicyclic amines) is 1. The highest BCUT2D eigenvalue weighted by atomic mass is 16.4. The van der Waals surface area contributed by atoms with Gasteiger partial charge in [0.2, 0.25) is 0 Å². The van der Waals surface area contributed by atoms with Crippen LogP contribution in [0, 0.1) is 22.7 Å². The van der Waals surface area contributed by atoms with Crippen molar-refractivity contribution in [2.45, 2.75) is 26.8 Å². The number of aliphatic carboxylic acids is 1. The Labute approximate surface area is 118 Å². The Morgan fingerprint density at radius 1 is 1.65 bits per heavy atom. The van der Waals surface area contributed by atoms with Gasteiger partial charge in [-0.1, -0.05) is 13.8 Å². The predicted octanol–water partition coefficient (Wildman–Crippen LogP) is 1.89. The van der Waals surface area contributed by atoms with E-state index in [1.807, 2.05) is 26.0 Å². The molecule has 1 aromatic heterocycles. The van der Waals surface area contributed by atoms with E-state index in [2.05, 4.69) is 9.88 Å². The first kappa shape index (κ1) is 14.5. The Morgan fingerprint density at radius 3 is 2.95 bits per heavy atom.